The van der Waals surface area contributed by atoms with Crippen molar-refractivity contribution < 1.29 is 4.92 Å². The van der Waals surface area contributed by atoms with Crippen LogP contribution in [0.2, 0.25) is 0 Å². The molecule has 1 saturated heterocycles. The van der Waals surface area contributed by atoms with Gasteiger partial charge in [-0.25, -0.2) is 4.98 Å². The van der Waals surface area contributed by atoms with Gasteiger partial charge in [-0.15, -0.1) is 0 Å². The Labute approximate surface area is 124 Å². The van der Waals surface area contributed by atoms with Gasteiger partial charge in [0.15, 0.2) is 0 Å². The maximum absolute atomic E-state index is 10.8. The highest BCUT2D eigenvalue weighted by molar-refractivity contribution is 5.53. The third-order valence-electron chi connectivity index (χ3n) is 4.19. The highest BCUT2D eigenvalue weighted by atomic mass is 16.6. The molecule has 0 radical (unpaired) electrons. The SMILES string of the molecule is CCN1CCC(N(C)c2ncc([N+](=O)[O-])c(N)n2)C(C)C1. The van der Waals surface area contributed by atoms with E-state index >= 15 is 0 Å². The summed E-state index contributed by atoms with van der Waals surface area (Å²) >= 11 is 0. The van der Waals surface area contributed by atoms with Crippen molar-refractivity contribution in [3.63, 3.8) is 0 Å². The molecule has 0 aliphatic carbocycles. The number of likely N-dealkylation sites (tertiary alicyclic amines) is 1. The van der Waals surface area contributed by atoms with E-state index in [1.54, 1.807) is 0 Å². The molecule has 1 aliphatic rings. The molecule has 0 aromatic carbocycles. The molecule has 0 amide bonds. The van der Waals surface area contributed by atoms with Gasteiger partial charge in [-0.1, -0.05) is 13.8 Å². The van der Waals surface area contributed by atoms with E-state index in [0.717, 1.165) is 26.1 Å². The first-order valence-corrected chi connectivity index (χ1v) is 7.16. The summed E-state index contributed by atoms with van der Waals surface area (Å²) < 4.78 is 0. The summed E-state index contributed by atoms with van der Waals surface area (Å²) in [6, 6.07) is 0.314. The van der Waals surface area contributed by atoms with Crippen LogP contribution in [0.4, 0.5) is 17.5 Å². The molecule has 1 aromatic rings. The van der Waals surface area contributed by atoms with Gasteiger partial charge in [0.05, 0.1) is 4.92 Å². The first kappa shape index (κ1) is 15.4. The molecule has 8 nitrogen and oxygen atoms in total. The van der Waals surface area contributed by atoms with E-state index in [1.807, 2.05) is 11.9 Å². The van der Waals surface area contributed by atoms with E-state index in [9.17, 15) is 10.1 Å². The molecule has 1 aromatic heterocycles. The number of anilines is 2. The van der Waals surface area contributed by atoms with E-state index in [4.69, 9.17) is 5.73 Å². The first-order chi connectivity index (χ1) is 9.93. The molecule has 2 heterocycles. The number of nitrogens with zero attached hydrogens (tertiary/aromatic N) is 5. The predicted molar refractivity (Wildman–Crippen MR) is 81.2 cm³/mol. The zero-order valence-electron chi connectivity index (χ0n) is 12.7. The minimum atomic E-state index is -0.568. The molecule has 2 atom stereocenters. The molecular formula is C13H22N6O2. The van der Waals surface area contributed by atoms with Gasteiger partial charge < -0.3 is 15.5 Å². The summed E-state index contributed by atoms with van der Waals surface area (Å²) in [6.45, 7) is 7.50. The van der Waals surface area contributed by atoms with Gasteiger partial charge in [-0.3, -0.25) is 10.1 Å². The fourth-order valence-electron chi connectivity index (χ4n) is 2.92. The van der Waals surface area contributed by atoms with Crippen molar-refractivity contribution in [1.82, 2.24) is 14.9 Å². The Morgan fingerprint density at radius 3 is 2.86 bits per heavy atom. The third-order valence-corrected chi connectivity index (χ3v) is 4.19. The average molecular weight is 294 g/mol. The van der Waals surface area contributed by atoms with Gasteiger partial charge in [0.1, 0.15) is 6.20 Å². The Balaban J connectivity index is 2.15. The fourth-order valence-corrected chi connectivity index (χ4v) is 2.92. The standard InChI is InChI=1S/C13H22N6O2/c1-4-18-6-5-10(9(2)8-18)17(3)13-15-7-11(19(20)21)12(14)16-13/h7,9-10H,4-6,8H2,1-3H3,(H2,14,15,16). The number of rotatable bonds is 4. The Morgan fingerprint density at radius 2 is 2.33 bits per heavy atom. The van der Waals surface area contributed by atoms with Crippen LogP contribution in [0.1, 0.15) is 20.3 Å². The second kappa shape index (κ2) is 6.21. The molecule has 0 saturated carbocycles. The molecule has 21 heavy (non-hydrogen) atoms. The first-order valence-electron chi connectivity index (χ1n) is 7.16. The molecule has 8 heteroatoms. The van der Waals surface area contributed by atoms with E-state index in [1.165, 1.54) is 6.20 Å². The number of aromatic nitrogens is 2. The molecule has 0 bridgehead atoms. The predicted octanol–water partition coefficient (Wildman–Crippen LogP) is 1.13. The Kier molecular flexibility index (Phi) is 4.56. The summed E-state index contributed by atoms with van der Waals surface area (Å²) in [6.07, 6.45) is 2.20. The number of hydrogen-bond donors (Lipinski definition) is 1. The van der Waals surface area contributed by atoms with Crippen LogP contribution in [0.3, 0.4) is 0 Å². The summed E-state index contributed by atoms with van der Waals surface area (Å²) in [5, 5.41) is 10.8. The topological polar surface area (TPSA) is 101 Å². The molecule has 116 valence electrons. The normalized spacial score (nSPS) is 23.0. The Bertz CT molecular complexity index is 523. The van der Waals surface area contributed by atoms with Crippen LogP contribution in [-0.4, -0.2) is 52.5 Å². The van der Waals surface area contributed by atoms with Crippen molar-refractivity contribution in [2.75, 3.05) is 37.3 Å². The Hall–Kier alpha value is -1.96. The minimum absolute atomic E-state index is 0.0875. The van der Waals surface area contributed by atoms with Crippen LogP contribution >= 0.6 is 0 Å². The molecule has 2 unspecified atom stereocenters. The third kappa shape index (κ3) is 3.21. The van der Waals surface area contributed by atoms with Crippen LogP contribution in [0, 0.1) is 16.0 Å². The van der Waals surface area contributed by atoms with Gasteiger partial charge >= 0.3 is 5.69 Å². The number of nitrogens with two attached hydrogens (primary N) is 1. The van der Waals surface area contributed by atoms with Crippen LogP contribution in [0.25, 0.3) is 0 Å². The highest BCUT2D eigenvalue weighted by Gasteiger charge is 2.30. The van der Waals surface area contributed by atoms with Crippen molar-refractivity contribution in [2.24, 2.45) is 5.92 Å². The van der Waals surface area contributed by atoms with Crippen molar-refractivity contribution in [3.8, 4) is 0 Å². The fraction of sp³-hybridized carbons (Fsp3) is 0.692. The number of hydrogen-bond acceptors (Lipinski definition) is 7. The van der Waals surface area contributed by atoms with Gasteiger partial charge in [0.2, 0.25) is 11.8 Å². The average Bonchev–Trinajstić information content (AvgIpc) is 2.45. The largest absolute Gasteiger partial charge is 0.378 e. The zero-order chi connectivity index (χ0) is 15.6. The van der Waals surface area contributed by atoms with E-state index < -0.39 is 4.92 Å². The lowest BCUT2D eigenvalue weighted by Gasteiger charge is -2.40. The van der Waals surface area contributed by atoms with Crippen molar-refractivity contribution >= 4 is 17.5 Å². The van der Waals surface area contributed by atoms with Gasteiger partial charge in [-0.05, 0) is 18.9 Å². The monoisotopic (exact) mass is 294 g/mol. The zero-order valence-corrected chi connectivity index (χ0v) is 12.7. The molecule has 1 fully saturated rings. The highest BCUT2D eigenvalue weighted by Crippen LogP contribution is 2.26. The lowest BCUT2D eigenvalue weighted by Crippen LogP contribution is -2.49. The lowest BCUT2D eigenvalue weighted by atomic mass is 9.93. The molecule has 2 rings (SSSR count). The van der Waals surface area contributed by atoms with Crippen molar-refractivity contribution in [3.05, 3.63) is 16.3 Å². The van der Waals surface area contributed by atoms with E-state index in [0.29, 0.717) is 17.9 Å². The molecule has 0 spiro atoms. The van der Waals surface area contributed by atoms with Gasteiger partial charge in [0.25, 0.3) is 0 Å². The molecular weight excluding hydrogens is 272 g/mol. The molecule has 1 aliphatic heterocycles. The summed E-state index contributed by atoms with van der Waals surface area (Å²) in [4.78, 5) is 22.8. The van der Waals surface area contributed by atoms with Crippen LogP contribution in [0.5, 0.6) is 0 Å². The maximum atomic E-state index is 10.8. The van der Waals surface area contributed by atoms with E-state index in [2.05, 4.69) is 28.7 Å². The quantitative estimate of drug-likeness (QED) is 0.656. The minimum Gasteiger partial charge on any atom is -0.378 e. The van der Waals surface area contributed by atoms with Gasteiger partial charge in [-0.2, -0.15) is 4.98 Å². The maximum Gasteiger partial charge on any atom is 0.329 e. The summed E-state index contributed by atoms with van der Waals surface area (Å²) in [7, 11) is 1.92. The molecule has 2 N–H and O–H groups in total. The summed E-state index contributed by atoms with van der Waals surface area (Å²) in [5.74, 6) is 0.833. The summed E-state index contributed by atoms with van der Waals surface area (Å²) in [5.41, 5.74) is 5.39. The van der Waals surface area contributed by atoms with Crippen molar-refractivity contribution in [1.29, 1.82) is 0 Å². The number of nitro groups is 1. The van der Waals surface area contributed by atoms with Crippen LogP contribution in [-0.2, 0) is 0 Å². The number of piperidine rings is 1. The van der Waals surface area contributed by atoms with E-state index in [-0.39, 0.29) is 11.5 Å². The second-order valence-corrected chi connectivity index (χ2v) is 5.54. The number of nitrogen functional groups attached to an aromatic ring is 1. The second-order valence-electron chi connectivity index (χ2n) is 5.54. The smallest absolute Gasteiger partial charge is 0.329 e. The lowest BCUT2D eigenvalue weighted by molar-refractivity contribution is -0.384. The van der Waals surface area contributed by atoms with Crippen LogP contribution < -0.4 is 10.6 Å². The van der Waals surface area contributed by atoms with Gasteiger partial charge in [0, 0.05) is 26.2 Å². The van der Waals surface area contributed by atoms with Crippen LogP contribution in [0.15, 0.2) is 6.20 Å². The Morgan fingerprint density at radius 1 is 1.62 bits per heavy atom. The van der Waals surface area contributed by atoms with Crippen molar-refractivity contribution in [2.45, 2.75) is 26.3 Å².